The summed E-state index contributed by atoms with van der Waals surface area (Å²) in [6, 6.07) is 4.80. The van der Waals surface area contributed by atoms with E-state index in [0.29, 0.717) is 11.3 Å². The number of halogens is 1. The third-order valence-corrected chi connectivity index (χ3v) is 9.92. The topological polar surface area (TPSA) is 205 Å². The van der Waals surface area contributed by atoms with Crippen molar-refractivity contribution in [2.45, 2.75) is 50.4 Å². The summed E-state index contributed by atoms with van der Waals surface area (Å²) in [5, 5.41) is 28.3. The molecule has 2 amide bonds. The standard InChI is InChI=1S/C28H31ClN8O7S2/c1-3-17(26(40)41)44-34-19(18-22(29)46-28(30)33-18)23(38)32-20-24(39)37-21(27(42)43)14(13-45-25(20)37)12-36-9-4-6-15-16(36)7-11-35(15)10-5-8-31-2/h4,6-7,9,11,17,20,25,31H,3,5,8,10,12-13H2,1-2H3,(H4-,30,32,33,38,40,41,42,43)/p+1/t17-,20?,25?/m0/s1. The number of hydrogen-bond donors (Lipinski definition) is 5. The van der Waals surface area contributed by atoms with Gasteiger partial charge in [0.1, 0.15) is 32.7 Å². The first-order valence-electron chi connectivity index (χ1n) is 14.3. The number of aliphatic carboxylic acids is 2. The molecule has 0 radical (unpaired) electrons. The number of β-lactam (4-membered cyclic amide) rings is 1. The van der Waals surface area contributed by atoms with E-state index in [1.807, 2.05) is 42.2 Å². The number of nitrogens with two attached hydrogens (primary N) is 1. The van der Waals surface area contributed by atoms with Gasteiger partial charge in [-0.05, 0) is 32.5 Å². The summed E-state index contributed by atoms with van der Waals surface area (Å²) < 4.78 is 4.11. The molecule has 0 bridgehead atoms. The smallest absolute Gasteiger partial charge is 0.352 e. The van der Waals surface area contributed by atoms with Gasteiger partial charge in [-0.3, -0.25) is 14.5 Å². The predicted octanol–water partition coefficient (Wildman–Crippen LogP) is 1.25. The molecule has 3 atom stereocenters. The van der Waals surface area contributed by atoms with Gasteiger partial charge in [0.2, 0.25) is 11.6 Å². The largest absolute Gasteiger partial charge is 0.478 e. The van der Waals surface area contributed by atoms with Crippen molar-refractivity contribution in [1.29, 1.82) is 0 Å². The van der Waals surface area contributed by atoms with Gasteiger partial charge in [0.05, 0.1) is 0 Å². The fourth-order valence-corrected chi connectivity index (χ4v) is 7.52. The molecular weight excluding hydrogens is 660 g/mol. The molecule has 46 heavy (non-hydrogen) atoms. The van der Waals surface area contributed by atoms with Crippen LogP contribution >= 0.6 is 34.7 Å². The minimum absolute atomic E-state index is 0.00791. The quantitative estimate of drug-likeness (QED) is 0.0535. The normalized spacial score (nSPS) is 18.7. The first-order valence-corrected chi connectivity index (χ1v) is 16.5. The van der Waals surface area contributed by atoms with E-state index in [9.17, 15) is 29.4 Å². The lowest BCUT2D eigenvalue weighted by atomic mass is 10.0. The number of fused-ring (bicyclic) bond motifs is 2. The van der Waals surface area contributed by atoms with E-state index >= 15 is 0 Å². The minimum atomic E-state index is -1.35. The van der Waals surface area contributed by atoms with Gasteiger partial charge in [-0.15, -0.1) is 11.8 Å². The van der Waals surface area contributed by atoms with Crippen molar-refractivity contribution in [2.24, 2.45) is 5.16 Å². The molecule has 2 aliphatic heterocycles. The monoisotopic (exact) mass is 691 g/mol. The van der Waals surface area contributed by atoms with Gasteiger partial charge < -0.3 is 36.0 Å². The number of pyridine rings is 1. The lowest BCUT2D eigenvalue weighted by molar-refractivity contribution is -0.663. The Morgan fingerprint density at radius 2 is 2.11 bits per heavy atom. The fourth-order valence-electron chi connectivity index (χ4n) is 5.26. The molecule has 0 aromatic carbocycles. The molecule has 5 heterocycles. The number of nitrogens with zero attached hydrogens (tertiary/aromatic N) is 5. The van der Waals surface area contributed by atoms with Gasteiger partial charge in [0.15, 0.2) is 23.6 Å². The number of carbonyl (C=O) groups is 4. The highest BCUT2D eigenvalue weighted by Crippen LogP contribution is 2.40. The minimum Gasteiger partial charge on any atom is -0.478 e. The van der Waals surface area contributed by atoms with Crippen LogP contribution in [0.25, 0.3) is 11.0 Å². The number of aryl methyl sites for hydroxylation is 1. The van der Waals surface area contributed by atoms with E-state index in [1.54, 1.807) is 6.92 Å². The van der Waals surface area contributed by atoms with Gasteiger partial charge in [0, 0.05) is 36.2 Å². The maximum atomic E-state index is 13.4. The molecule has 0 aliphatic carbocycles. The van der Waals surface area contributed by atoms with Crippen molar-refractivity contribution in [2.75, 3.05) is 25.1 Å². The lowest BCUT2D eigenvalue weighted by Crippen LogP contribution is -2.71. The Morgan fingerprint density at radius 1 is 1.33 bits per heavy atom. The van der Waals surface area contributed by atoms with Crippen LogP contribution in [0, 0.1) is 0 Å². The Bertz CT molecular complexity index is 1760. The Hall–Kier alpha value is -4.19. The molecule has 15 nitrogen and oxygen atoms in total. The zero-order valence-corrected chi connectivity index (χ0v) is 27.2. The zero-order chi connectivity index (χ0) is 33.1. The average Bonchev–Trinajstić information content (AvgIpc) is 3.59. The van der Waals surface area contributed by atoms with Crippen molar-refractivity contribution >= 4 is 80.3 Å². The first-order chi connectivity index (χ1) is 22.0. The van der Waals surface area contributed by atoms with Crippen molar-refractivity contribution in [3.8, 4) is 0 Å². The second-order valence-corrected chi connectivity index (χ2v) is 13.2. The summed E-state index contributed by atoms with van der Waals surface area (Å²) in [6.45, 7) is 3.52. The molecular formula is C28H32ClN8O7S2+. The van der Waals surface area contributed by atoms with Crippen LogP contribution in [-0.4, -0.2) is 91.0 Å². The van der Waals surface area contributed by atoms with Crippen LogP contribution in [0.3, 0.4) is 0 Å². The third-order valence-electron chi connectivity index (χ3n) is 7.50. The Kier molecular flexibility index (Phi) is 10.1. The average molecular weight is 692 g/mol. The Balaban J connectivity index is 1.37. The summed E-state index contributed by atoms with van der Waals surface area (Å²) in [6.07, 6.45) is 3.52. The highest BCUT2D eigenvalue weighted by atomic mass is 35.5. The van der Waals surface area contributed by atoms with Gasteiger partial charge >= 0.3 is 11.9 Å². The first kappa shape index (κ1) is 33.2. The van der Waals surface area contributed by atoms with Crippen LogP contribution < -0.4 is 20.9 Å². The summed E-state index contributed by atoms with van der Waals surface area (Å²) in [4.78, 5) is 61.0. The van der Waals surface area contributed by atoms with E-state index < -0.39 is 47.0 Å². The SMILES string of the molecule is CC[C@H](ON=C(C(=O)NC1C(=O)N2C(C(=O)O)=C(C[n+]3cccc4c3ccn4CCCNC)CSC12)c1nc(N)sc1Cl)C(=O)O. The maximum Gasteiger partial charge on any atom is 0.352 e. The number of amides is 2. The van der Waals surface area contributed by atoms with Gasteiger partial charge in [-0.25, -0.2) is 14.6 Å². The number of anilines is 1. The summed E-state index contributed by atoms with van der Waals surface area (Å²) >= 11 is 8.40. The van der Waals surface area contributed by atoms with Crippen LogP contribution in [0.1, 0.15) is 25.5 Å². The number of aromatic nitrogens is 3. The molecule has 0 saturated carbocycles. The zero-order valence-electron chi connectivity index (χ0n) is 24.8. The number of nitrogens with one attached hydrogen (secondary N) is 2. The Labute approximate surface area is 276 Å². The van der Waals surface area contributed by atoms with Crippen LogP contribution in [0.4, 0.5) is 5.13 Å². The summed E-state index contributed by atoms with van der Waals surface area (Å²) in [5.74, 6) is -3.79. The number of oxime groups is 1. The second kappa shape index (κ2) is 14.1. The highest BCUT2D eigenvalue weighted by Gasteiger charge is 2.55. The van der Waals surface area contributed by atoms with E-state index in [4.69, 9.17) is 22.2 Å². The van der Waals surface area contributed by atoms with Crippen LogP contribution in [0.5, 0.6) is 0 Å². The summed E-state index contributed by atoms with van der Waals surface area (Å²) in [7, 11) is 1.91. The van der Waals surface area contributed by atoms with Crippen molar-refractivity contribution < 1.29 is 38.8 Å². The number of rotatable bonds is 14. The molecule has 3 aromatic heterocycles. The molecule has 18 heteroatoms. The van der Waals surface area contributed by atoms with E-state index in [0.717, 1.165) is 41.9 Å². The highest BCUT2D eigenvalue weighted by molar-refractivity contribution is 8.00. The van der Waals surface area contributed by atoms with Crippen LogP contribution in [-0.2, 0) is 37.1 Å². The number of thioether (sulfide) groups is 1. The van der Waals surface area contributed by atoms with Gasteiger partial charge in [-0.2, -0.15) is 4.57 Å². The van der Waals surface area contributed by atoms with E-state index in [-0.39, 0.29) is 33.8 Å². The second-order valence-electron chi connectivity index (χ2n) is 10.4. The summed E-state index contributed by atoms with van der Waals surface area (Å²) in [5.41, 5.74) is 7.49. The Morgan fingerprint density at radius 3 is 2.76 bits per heavy atom. The van der Waals surface area contributed by atoms with Gasteiger partial charge in [-0.1, -0.05) is 35.0 Å². The molecule has 244 valence electrons. The number of carbonyl (C=O) groups excluding carboxylic acids is 2. The number of carboxylic acid groups (broad SMARTS) is 2. The molecule has 1 fully saturated rings. The molecule has 6 N–H and O–H groups in total. The van der Waals surface area contributed by atoms with Gasteiger partial charge in [0.25, 0.3) is 11.8 Å². The van der Waals surface area contributed by atoms with E-state index in [2.05, 4.69) is 25.3 Å². The number of carboxylic acids is 2. The molecule has 5 rings (SSSR count). The molecule has 1 saturated heterocycles. The van der Waals surface area contributed by atoms with Crippen LogP contribution in [0.2, 0.25) is 4.34 Å². The van der Waals surface area contributed by atoms with Crippen molar-refractivity contribution in [3.63, 3.8) is 0 Å². The van der Waals surface area contributed by atoms with Crippen LogP contribution in [0.15, 0.2) is 47.0 Å². The number of nitrogen functional groups attached to an aromatic ring is 1. The predicted molar refractivity (Wildman–Crippen MR) is 171 cm³/mol. The van der Waals surface area contributed by atoms with Crippen molar-refractivity contribution in [1.82, 2.24) is 25.1 Å². The molecule has 0 spiro atoms. The maximum absolute atomic E-state index is 13.4. The lowest BCUT2D eigenvalue weighted by Gasteiger charge is -2.49. The fraction of sp³-hybridized carbons (Fsp3) is 0.393. The molecule has 2 aliphatic rings. The third kappa shape index (κ3) is 6.53. The number of thiazole rings is 1. The van der Waals surface area contributed by atoms with E-state index in [1.165, 1.54) is 16.7 Å². The van der Waals surface area contributed by atoms with Crippen molar-refractivity contribution in [3.05, 3.63) is 51.9 Å². The number of hydrogen-bond acceptors (Lipinski definition) is 11. The molecule has 2 unspecified atom stereocenters. The molecule has 3 aromatic rings.